The van der Waals surface area contributed by atoms with Crippen LogP contribution in [0, 0.1) is 20.8 Å². The topological polar surface area (TPSA) is 93.2 Å². The average molecular weight is 292 g/mol. The van der Waals surface area contributed by atoms with Crippen LogP contribution < -0.4 is 10.6 Å². The smallest absolute Gasteiger partial charge is 0.239 e. The Kier molecular flexibility index (Phi) is 4.74. The first-order chi connectivity index (χ1) is 10.0. The summed E-state index contributed by atoms with van der Waals surface area (Å²) in [5, 5.41) is 13.5. The summed E-state index contributed by atoms with van der Waals surface area (Å²) < 4.78 is 10.1. The molecule has 21 heavy (non-hydrogen) atoms. The van der Waals surface area contributed by atoms with Crippen LogP contribution in [0.3, 0.4) is 0 Å². The van der Waals surface area contributed by atoms with Crippen molar-refractivity contribution in [1.82, 2.24) is 15.6 Å². The maximum absolute atomic E-state index is 11.9. The number of hydrogen-bond acceptors (Lipinski definition) is 6. The SMILES string of the molecule is CC[C@H](NCC(=O)Nc1cc(C)on1)c1c(C)noc1C. The highest BCUT2D eigenvalue weighted by Gasteiger charge is 2.19. The zero-order chi connectivity index (χ0) is 15.4. The van der Waals surface area contributed by atoms with Crippen molar-refractivity contribution in [3.63, 3.8) is 0 Å². The Morgan fingerprint density at radius 2 is 2.05 bits per heavy atom. The lowest BCUT2D eigenvalue weighted by Gasteiger charge is -2.16. The van der Waals surface area contributed by atoms with Crippen LogP contribution in [0.5, 0.6) is 0 Å². The molecule has 1 atom stereocenters. The summed E-state index contributed by atoms with van der Waals surface area (Å²) in [6, 6.07) is 1.70. The van der Waals surface area contributed by atoms with Crippen molar-refractivity contribution in [1.29, 1.82) is 0 Å². The van der Waals surface area contributed by atoms with Gasteiger partial charge >= 0.3 is 0 Å². The van der Waals surface area contributed by atoms with Gasteiger partial charge in [-0.05, 0) is 27.2 Å². The van der Waals surface area contributed by atoms with Crippen molar-refractivity contribution in [2.45, 2.75) is 40.2 Å². The van der Waals surface area contributed by atoms with Gasteiger partial charge in [0.2, 0.25) is 5.91 Å². The van der Waals surface area contributed by atoms with Gasteiger partial charge in [-0.3, -0.25) is 4.79 Å². The molecular formula is C14H20N4O3. The Morgan fingerprint density at radius 1 is 1.29 bits per heavy atom. The molecule has 0 aromatic carbocycles. The number of aryl methyl sites for hydroxylation is 3. The first kappa shape index (κ1) is 15.2. The van der Waals surface area contributed by atoms with Crippen molar-refractivity contribution < 1.29 is 13.8 Å². The highest BCUT2D eigenvalue weighted by molar-refractivity contribution is 5.91. The van der Waals surface area contributed by atoms with E-state index in [-0.39, 0.29) is 18.5 Å². The van der Waals surface area contributed by atoms with E-state index in [1.165, 1.54) is 0 Å². The fraction of sp³-hybridized carbons (Fsp3) is 0.500. The number of nitrogens with zero attached hydrogens (tertiary/aromatic N) is 2. The van der Waals surface area contributed by atoms with Gasteiger partial charge in [0.05, 0.1) is 12.2 Å². The summed E-state index contributed by atoms with van der Waals surface area (Å²) in [7, 11) is 0. The molecule has 2 N–H and O–H groups in total. The van der Waals surface area contributed by atoms with Crippen molar-refractivity contribution in [3.05, 3.63) is 28.8 Å². The lowest BCUT2D eigenvalue weighted by molar-refractivity contribution is -0.115. The summed E-state index contributed by atoms with van der Waals surface area (Å²) >= 11 is 0. The average Bonchev–Trinajstić information content (AvgIpc) is 2.99. The summed E-state index contributed by atoms with van der Waals surface area (Å²) in [4.78, 5) is 11.9. The third-order valence-corrected chi connectivity index (χ3v) is 3.25. The largest absolute Gasteiger partial charge is 0.361 e. The molecule has 2 aromatic heterocycles. The second-order valence-electron chi connectivity index (χ2n) is 4.95. The second-order valence-corrected chi connectivity index (χ2v) is 4.95. The number of aromatic nitrogens is 2. The van der Waals surface area contributed by atoms with E-state index in [2.05, 4.69) is 20.9 Å². The van der Waals surface area contributed by atoms with Crippen LogP contribution in [0.25, 0.3) is 0 Å². The molecule has 2 rings (SSSR count). The Labute approximate surface area is 123 Å². The van der Waals surface area contributed by atoms with Gasteiger partial charge in [0.25, 0.3) is 0 Å². The van der Waals surface area contributed by atoms with Crippen LogP contribution in [-0.4, -0.2) is 22.8 Å². The molecular weight excluding hydrogens is 272 g/mol. The minimum atomic E-state index is -0.173. The third kappa shape index (κ3) is 3.69. The van der Waals surface area contributed by atoms with Crippen molar-refractivity contribution in [2.24, 2.45) is 0 Å². The summed E-state index contributed by atoms with van der Waals surface area (Å²) in [6.07, 6.45) is 0.833. The van der Waals surface area contributed by atoms with Crippen LogP contribution in [0.1, 0.15) is 42.2 Å². The maximum atomic E-state index is 11.9. The van der Waals surface area contributed by atoms with Gasteiger partial charge in [0.15, 0.2) is 5.82 Å². The quantitative estimate of drug-likeness (QED) is 0.848. The molecule has 7 nitrogen and oxygen atoms in total. The molecule has 0 saturated carbocycles. The second kappa shape index (κ2) is 6.53. The Morgan fingerprint density at radius 3 is 2.57 bits per heavy atom. The predicted molar refractivity (Wildman–Crippen MR) is 76.9 cm³/mol. The lowest BCUT2D eigenvalue weighted by Crippen LogP contribution is -2.31. The number of carbonyl (C=O) groups excluding carboxylic acids is 1. The maximum Gasteiger partial charge on any atom is 0.239 e. The molecule has 7 heteroatoms. The van der Waals surface area contributed by atoms with Gasteiger partial charge in [-0.1, -0.05) is 17.2 Å². The van der Waals surface area contributed by atoms with Gasteiger partial charge in [-0.15, -0.1) is 0 Å². The van der Waals surface area contributed by atoms with Crippen LogP contribution in [0.15, 0.2) is 15.1 Å². The van der Waals surface area contributed by atoms with E-state index >= 15 is 0 Å². The highest BCUT2D eigenvalue weighted by Crippen LogP contribution is 2.23. The Balaban J connectivity index is 1.93. The lowest BCUT2D eigenvalue weighted by atomic mass is 10.0. The van der Waals surface area contributed by atoms with Crippen molar-refractivity contribution in [2.75, 3.05) is 11.9 Å². The fourth-order valence-electron chi connectivity index (χ4n) is 2.27. The Hall–Kier alpha value is -2.15. The summed E-state index contributed by atoms with van der Waals surface area (Å²) in [6.45, 7) is 7.76. The van der Waals surface area contributed by atoms with Crippen LogP contribution in [0.2, 0.25) is 0 Å². The normalized spacial score (nSPS) is 12.4. The minimum Gasteiger partial charge on any atom is -0.361 e. The van der Waals surface area contributed by atoms with Gasteiger partial charge in [-0.25, -0.2) is 0 Å². The molecule has 2 aromatic rings. The Bertz CT molecular complexity index is 598. The molecule has 0 spiro atoms. The van der Waals surface area contributed by atoms with Crippen LogP contribution >= 0.6 is 0 Å². The van der Waals surface area contributed by atoms with Crippen molar-refractivity contribution in [3.8, 4) is 0 Å². The van der Waals surface area contributed by atoms with Crippen LogP contribution in [0.4, 0.5) is 5.82 Å². The number of anilines is 1. The monoisotopic (exact) mass is 292 g/mol. The third-order valence-electron chi connectivity index (χ3n) is 3.25. The molecule has 0 aliphatic heterocycles. The first-order valence-electron chi connectivity index (χ1n) is 6.90. The molecule has 114 valence electrons. The van der Waals surface area contributed by atoms with Gasteiger partial charge in [0.1, 0.15) is 11.5 Å². The molecule has 0 unspecified atom stereocenters. The van der Waals surface area contributed by atoms with E-state index < -0.39 is 0 Å². The number of rotatable bonds is 6. The number of hydrogen-bond donors (Lipinski definition) is 2. The van der Waals surface area contributed by atoms with Crippen molar-refractivity contribution >= 4 is 11.7 Å². The zero-order valence-electron chi connectivity index (χ0n) is 12.7. The number of nitrogens with one attached hydrogen (secondary N) is 2. The summed E-state index contributed by atoms with van der Waals surface area (Å²) in [5.74, 6) is 1.68. The first-order valence-corrected chi connectivity index (χ1v) is 6.90. The van der Waals surface area contributed by atoms with Crippen LogP contribution in [-0.2, 0) is 4.79 Å². The van der Waals surface area contributed by atoms with E-state index in [4.69, 9.17) is 9.05 Å². The van der Waals surface area contributed by atoms with Gasteiger partial charge in [-0.2, -0.15) is 0 Å². The molecule has 2 heterocycles. The predicted octanol–water partition coefficient (Wildman–Crippen LogP) is 2.27. The summed E-state index contributed by atoms with van der Waals surface area (Å²) in [5.41, 5.74) is 1.86. The van der Waals surface area contributed by atoms with Gasteiger partial charge in [0, 0.05) is 17.7 Å². The van der Waals surface area contributed by atoms with E-state index in [0.717, 1.165) is 23.4 Å². The standard InChI is InChI=1S/C14H20N4O3/c1-5-11(14-9(3)17-21-10(14)4)15-7-13(19)16-12-6-8(2)20-18-12/h6,11,15H,5,7H2,1-4H3,(H,16,18,19)/t11-/m0/s1. The molecule has 0 fully saturated rings. The molecule has 1 amide bonds. The molecule has 0 bridgehead atoms. The van der Waals surface area contributed by atoms with E-state index in [0.29, 0.717) is 11.6 Å². The molecule has 0 aliphatic carbocycles. The highest BCUT2D eigenvalue weighted by atomic mass is 16.5. The number of carbonyl (C=O) groups is 1. The van der Waals surface area contributed by atoms with E-state index in [9.17, 15) is 4.79 Å². The van der Waals surface area contributed by atoms with Gasteiger partial charge < -0.3 is 19.7 Å². The molecule has 0 aliphatic rings. The zero-order valence-corrected chi connectivity index (χ0v) is 12.7. The van der Waals surface area contributed by atoms with E-state index in [1.807, 2.05) is 20.8 Å². The minimum absolute atomic E-state index is 0.0287. The number of amides is 1. The van der Waals surface area contributed by atoms with E-state index in [1.54, 1.807) is 13.0 Å². The molecule has 0 radical (unpaired) electrons. The molecule has 0 saturated heterocycles. The fourth-order valence-corrected chi connectivity index (χ4v) is 2.27.